The highest BCUT2D eigenvalue weighted by atomic mass is 32.1. The maximum Gasteiger partial charge on any atom is 0.160 e. The van der Waals surface area contributed by atoms with Crippen LogP contribution in [0.15, 0.2) is 47.5 Å². The molecule has 1 aromatic heterocycles. The summed E-state index contributed by atoms with van der Waals surface area (Å²) in [4.78, 5) is 6.55. The van der Waals surface area contributed by atoms with Crippen LogP contribution in [-0.2, 0) is 6.42 Å². The van der Waals surface area contributed by atoms with Gasteiger partial charge in [-0.1, -0.05) is 6.07 Å². The number of methoxy groups -OCH3 is 4. The molecule has 2 aromatic carbocycles. The van der Waals surface area contributed by atoms with Crippen LogP contribution in [0.4, 0.5) is 0 Å². The van der Waals surface area contributed by atoms with Gasteiger partial charge in [-0.2, -0.15) is 0 Å². The highest BCUT2D eigenvalue weighted by molar-refractivity contribution is 7.11. The van der Waals surface area contributed by atoms with Gasteiger partial charge in [-0.3, -0.25) is 5.41 Å². The van der Waals surface area contributed by atoms with E-state index in [0.29, 0.717) is 52.2 Å². The molecule has 9 heteroatoms. The van der Waals surface area contributed by atoms with E-state index in [-0.39, 0.29) is 18.1 Å². The van der Waals surface area contributed by atoms with Crippen LogP contribution in [0.1, 0.15) is 10.6 Å². The molecule has 0 atom stereocenters. The largest absolute Gasteiger partial charge is 0.510 e. The van der Waals surface area contributed by atoms with Crippen LogP contribution in [0.3, 0.4) is 0 Å². The highest BCUT2D eigenvalue weighted by Crippen LogP contribution is 2.37. The Bertz CT molecular complexity index is 1240. The molecule has 4 rings (SSSR count). The Labute approximate surface area is 202 Å². The third kappa shape index (κ3) is 4.51. The van der Waals surface area contributed by atoms with Crippen LogP contribution < -0.4 is 18.9 Å². The molecule has 2 heterocycles. The van der Waals surface area contributed by atoms with E-state index < -0.39 is 0 Å². The third-order valence-electron chi connectivity index (χ3n) is 5.70. The van der Waals surface area contributed by atoms with Gasteiger partial charge in [0.1, 0.15) is 28.1 Å². The average molecular weight is 482 g/mol. The van der Waals surface area contributed by atoms with Crippen LogP contribution in [0.5, 0.6) is 23.0 Å². The van der Waals surface area contributed by atoms with Gasteiger partial charge in [-0.05, 0) is 42.3 Å². The fourth-order valence-electron chi connectivity index (χ4n) is 3.88. The minimum atomic E-state index is 0.149. The van der Waals surface area contributed by atoms with E-state index in [2.05, 4.69) is 0 Å². The summed E-state index contributed by atoms with van der Waals surface area (Å²) in [5.41, 5.74) is 3.01. The lowest BCUT2D eigenvalue weighted by atomic mass is 10.1. The zero-order chi connectivity index (χ0) is 24.2. The van der Waals surface area contributed by atoms with Crippen LogP contribution in [0.25, 0.3) is 16.8 Å². The normalized spacial score (nSPS) is 13.4. The molecule has 3 aromatic rings. The Balaban J connectivity index is 1.50. The molecule has 2 N–H and O–H groups in total. The van der Waals surface area contributed by atoms with Crippen molar-refractivity contribution in [1.82, 2.24) is 9.88 Å². The second-order valence-electron chi connectivity index (χ2n) is 7.64. The Morgan fingerprint density at radius 1 is 0.971 bits per heavy atom. The van der Waals surface area contributed by atoms with Crippen molar-refractivity contribution in [3.63, 3.8) is 0 Å². The van der Waals surface area contributed by atoms with Crippen molar-refractivity contribution in [2.45, 2.75) is 6.42 Å². The topological polar surface area (TPSA) is 97.1 Å². The van der Waals surface area contributed by atoms with Crippen LogP contribution in [-0.4, -0.2) is 62.4 Å². The fourth-order valence-corrected chi connectivity index (χ4v) is 4.76. The summed E-state index contributed by atoms with van der Waals surface area (Å²) in [5, 5.41) is 21.8. The summed E-state index contributed by atoms with van der Waals surface area (Å²) >= 11 is 1.38. The number of nitrogens with zero attached hydrogens (tertiary/aromatic N) is 2. The lowest BCUT2D eigenvalue weighted by molar-refractivity contribution is 0.349. The van der Waals surface area contributed by atoms with Gasteiger partial charge in [-0.15, -0.1) is 11.3 Å². The summed E-state index contributed by atoms with van der Waals surface area (Å²) < 4.78 is 21.5. The zero-order valence-corrected chi connectivity index (χ0v) is 20.4. The second kappa shape index (κ2) is 10.0. The summed E-state index contributed by atoms with van der Waals surface area (Å²) in [6.07, 6.45) is 0.688. The maximum atomic E-state index is 10.7. The molecule has 0 amide bonds. The first-order valence-electron chi connectivity index (χ1n) is 10.6. The number of hydrogen-bond acceptors (Lipinski definition) is 8. The Kier molecular flexibility index (Phi) is 6.93. The first-order chi connectivity index (χ1) is 16.5. The number of ether oxygens (including phenoxy) is 4. The van der Waals surface area contributed by atoms with Crippen molar-refractivity contribution in [2.75, 3.05) is 41.5 Å². The number of hydrogen-bond donors (Lipinski definition) is 2. The van der Waals surface area contributed by atoms with E-state index >= 15 is 0 Å². The van der Waals surface area contributed by atoms with Crippen molar-refractivity contribution < 1.29 is 24.1 Å². The molecule has 1 aliphatic rings. The molecule has 0 unspecified atom stereocenters. The van der Waals surface area contributed by atoms with Crippen LogP contribution >= 0.6 is 11.3 Å². The number of thiazole rings is 1. The number of aliphatic hydroxyl groups is 1. The first-order valence-corrected chi connectivity index (χ1v) is 11.5. The standard InChI is InChI=1S/C25H27N3O5S/c1-30-16-6-8-20(31-2)17(12-16)18-14-34-25(27-18)23-19(29)13-28(24(23)26)10-9-15-5-7-21(32-3)22(11-15)33-4/h5-8,11-12,14,26,29H,9-10,13H2,1-4H3. The van der Waals surface area contributed by atoms with Crippen molar-refractivity contribution in [2.24, 2.45) is 0 Å². The molecular formula is C25H27N3O5S. The monoisotopic (exact) mass is 481 g/mol. The van der Waals surface area contributed by atoms with E-state index in [1.807, 2.05) is 46.7 Å². The van der Waals surface area contributed by atoms with E-state index in [0.717, 1.165) is 11.1 Å². The average Bonchev–Trinajstić information content (AvgIpc) is 3.45. The predicted octanol–water partition coefficient (Wildman–Crippen LogP) is 4.65. The molecule has 0 spiro atoms. The Morgan fingerprint density at radius 3 is 2.41 bits per heavy atom. The number of rotatable bonds is 9. The molecule has 0 fully saturated rings. The minimum absolute atomic E-state index is 0.149. The molecule has 0 aliphatic carbocycles. The molecule has 8 nitrogen and oxygen atoms in total. The van der Waals surface area contributed by atoms with Gasteiger partial charge in [0.15, 0.2) is 11.5 Å². The summed E-state index contributed by atoms with van der Waals surface area (Å²) in [6, 6.07) is 11.3. The molecule has 34 heavy (non-hydrogen) atoms. The van der Waals surface area contributed by atoms with Gasteiger partial charge in [-0.25, -0.2) is 4.98 Å². The van der Waals surface area contributed by atoms with E-state index in [4.69, 9.17) is 29.3 Å². The van der Waals surface area contributed by atoms with Gasteiger partial charge in [0.2, 0.25) is 0 Å². The van der Waals surface area contributed by atoms with E-state index in [1.165, 1.54) is 11.3 Å². The minimum Gasteiger partial charge on any atom is -0.510 e. The van der Waals surface area contributed by atoms with Gasteiger partial charge in [0.05, 0.1) is 46.3 Å². The lowest BCUT2D eigenvalue weighted by Gasteiger charge is -2.18. The lowest BCUT2D eigenvalue weighted by Crippen LogP contribution is -2.28. The van der Waals surface area contributed by atoms with E-state index in [1.54, 1.807) is 28.4 Å². The van der Waals surface area contributed by atoms with Gasteiger partial charge >= 0.3 is 0 Å². The number of aromatic nitrogens is 1. The second-order valence-corrected chi connectivity index (χ2v) is 8.49. The van der Waals surface area contributed by atoms with Gasteiger partial charge in [0, 0.05) is 17.5 Å². The number of aliphatic hydroxyl groups excluding tert-OH is 1. The Morgan fingerprint density at radius 2 is 1.71 bits per heavy atom. The maximum absolute atomic E-state index is 10.7. The number of benzene rings is 2. The summed E-state index contributed by atoms with van der Waals surface area (Å²) in [5.74, 6) is 3.12. The van der Waals surface area contributed by atoms with Gasteiger partial charge in [0.25, 0.3) is 0 Å². The SMILES string of the molecule is COc1ccc(OC)c(-c2csc(C3=C(O)CN(CCc4ccc(OC)c(OC)c4)C3=N)n2)c1. The summed E-state index contributed by atoms with van der Waals surface area (Å²) in [6.45, 7) is 0.850. The molecule has 0 saturated heterocycles. The summed E-state index contributed by atoms with van der Waals surface area (Å²) in [7, 11) is 6.43. The number of nitrogens with one attached hydrogen (secondary N) is 1. The molecule has 0 bridgehead atoms. The Hall–Kier alpha value is -3.72. The molecule has 0 radical (unpaired) electrons. The zero-order valence-electron chi connectivity index (χ0n) is 19.5. The quantitative estimate of drug-likeness (QED) is 0.459. The van der Waals surface area contributed by atoms with Crippen LogP contribution in [0.2, 0.25) is 0 Å². The smallest absolute Gasteiger partial charge is 0.160 e. The van der Waals surface area contributed by atoms with Gasteiger partial charge < -0.3 is 29.0 Å². The predicted molar refractivity (Wildman–Crippen MR) is 133 cm³/mol. The van der Waals surface area contributed by atoms with Crippen molar-refractivity contribution in [3.8, 4) is 34.3 Å². The molecule has 178 valence electrons. The molecular weight excluding hydrogens is 454 g/mol. The fraction of sp³-hybridized carbons (Fsp3) is 0.280. The first kappa shape index (κ1) is 23.4. The van der Waals surface area contributed by atoms with Crippen LogP contribution in [0, 0.1) is 5.41 Å². The third-order valence-corrected chi connectivity index (χ3v) is 6.56. The van der Waals surface area contributed by atoms with Crippen molar-refractivity contribution in [1.29, 1.82) is 5.41 Å². The van der Waals surface area contributed by atoms with Crippen molar-refractivity contribution in [3.05, 3.63) is 58.1 Å². The highest BCUT2D eigenvalue weighted by Gasteiger charge is 2.30. The van der Waals surface area contributed by atoms with Crippen molar-refractivity contribution >= 4 is 22.7 Å². The molecule has 0 saturated carbocycles. The van der Waals surface area contributed by atoms with E-state index in [9.17, 15) is 5.11 Å². The number of amidine groups is 1. The molecule has 1 aliphatic heterocycles.